The maximum atomic E-state index is 11.9. The molecule has 7 heteroatoms. The van der Waals surface area contributed by atoms with Crippen molar-refractivity contribution >= 4 is 15.9 Å². The van der Waals surface area contributed by atoms with Crippen molar-refractivity contribution in [3.8, 4) is 0 Å². The summed E-state index contributed by atoms with van der Waals surface area (Å²) in [6.45, 7) is 5.56. The Morgan fingerprint density at radius 3 is 2.12 bits per heavy atom. The van der Waals surface area contributed by atoms with Crippen molar-refractivity contribution in [3.63, 3.8) is 0 Å². The van der Waals surface area contributed by atoms with Crippen molar-refractivity contribution in [1.29, 1.82) is 0 Å². The van der Waals surface area contributed by atoms with Gasteiger partial charge in [0.05, 0.1) is 5.25 Å². The van der Waals surface area contributed by atoms with Gasteiger partial charge in [0.25, 0.3) is 0 Å². The molecule has 24 heavy (non-hydrogen) atoms. The van der Waals surface area contributed by atoms with Gasteiger partial charge in [-0.25, -0.2) is 13.2 Å². The Morgan fingerprint density at radius 2 is 1.58 bits per heavy atom. The minimum Gasteiger partial charge on any atom is -0.444 e. The highest BCUT2D eigenvalue weighted by Crippen LogP contribution is 2.28. The quantitative estimate of drug-likeness (QED) is 0.804. The molecule has 2 fully saturated rings. The fourth-order valence-electron chi connectivity index (χ4n) is 3.81. The zero-order valence-electron chi connectivity index (χ0n) is 15.3. The minimum absolute atomic E-state index is 0.0837. The molecule has 0 aromatic carbocycles. The molecule has 2 aliphatic carbocycles. The van der Waals surface area contributed by atoms with Crippen LogP contribution in [0.2, 0.25) is 0 Å². The fraction of sp³-hybridized carbons (Fsp3) is 0.941. The summed E-state index contributed by atoms with van der Waals surface area (Å²) in [4.78, 5) is 11.8. The smallest absolute Gasteiger partial charge is 0.407 e. The second-order valence-corrected chi connectivity index (χ2v) is 10.5. The predicted molar refractivity (Wildman–Crippen MR) is 94.8 cm³/mol. The molecule has 2 aliphatic rings. The normalized spacial score (nSPS) is 31.7. The zero-order valence-corrected chi connectivity index (χ0v) is 16.1. The second kappa shape index (κ2) is 7.60. The van der Waals surface area contributed by atoms with E-state index in [-0.39, 0.29) is 23.4 Å². The summed E-state index contributed by atoms with van der Waals surface area (Å²) in [5.41, 5.74) is -0.480. The molecule has 0 aromatic heterocycles. The van der Waals surface area contributed by atoms with Gasteiger partial charge in [0.15, 0.2) is 9.84 Å². The Hall–Kier alpha value is -0.820. The summed E-state index contributed by atoms with van der Waals surface area (Å²) in [6.07, 6.45) is 7.37. The number of hydrogen-bond acceptors (Lipinski definition) is 5. The van der Waals surface area contributed by atoms with E-state index in [9.17, 15) is 13.2 Å². The Kier molecular flexibility index (Phi) is 6.18. The Labute approximate surface area is 146 Å². The molecule has 6 nitrogen and oxygen atoms in total. The molecule has 0 radical (unpaired) electrons. The average molecular weight is 361 g/mol. The first-order chi connectivity index (χ1) is 11.0. The largest absolute Gasteiger partial charge is 0.444 e. The van der Waals surface area contributed by atoms with E-state index in [4.69, 9.17) is 4.74 Å². The van der Waals surface area contributed by atoms with Gasteiger partial charge in [-0.2, -0.15) is 0 Å². The summed E-state index contributed by atoms with van der Waals surface area (Å²) < 4.78 is 29.0. The number of carbonyl (C=O) groups excluding carboxylic acids is 1. The predicted octanol–water partition coefficient (Wildman–Crippen LogP) is 2.38. The van der Waals surface area contributed by atoms with Crippen LogP contribution in [0.5, 0.6) is 0 Å². The van der Waals surface area contributed by atoms with Gasteiger partial charge in [0.2, 0.25) is 0 Å². The first-order valence-electron chi connectivity index (χ1n) is 8.99. The third-order valence-electron chi connectivity index (χ3n) is 4.90. The standard InChI is InChI=1S/C17H32N2O4S/c1-17(2,3)23-16(20)19-13-10-8-12(9-11-13)18-14-6-5-7-15(14)24(4,21)22/h12-15,18H,5-11H2,1-4H3,(H,19,20). The number of rotatable bonds is 4. The second-order valence-electron chi connectivity index (χ2n) is 8.27. The lowest BCUT2D eigenvalue weighted by Gasteiger charge is -2.33. The van der Waals surface area contributed by atoms with Gasteiger partial charge in [-0.05, 0) is 59.3 Å². The molecule has 2 saturated carbocycles. The molecular formula is C17H32N2O4S. The van der Waals surface area contributed by atoms with Gasteiger partial charge in [0, 0.05) is 24.4 Å². The molecule has 2 atom stereocenters. The molecular weight excluding hydrogens is 328 g/mol. The van der Waals surface area contributed by atoms with Crippen molar-refractivity contribution in [3.05, 3.63) is 0 Å². The molecule has 1 amide bonds. The van der Waals surface area contributed by atoms with Crippen LogP contribution in [0.4, 0.5) is 4.79 Å². The molecule has 0 saturated heterocycles. The first-order valence-corrected chi connectivity index (χ1v) is 10.9. The lowest BCUT2D eigenvalue weighted by atomic mass is 9.90. The molecule has 0 spiro atoms. The molecule has 2 N–H and O–H groups in total. The van der Waals surface area contributed by atoms with Crippen LogP contribution in [0.25, 0.3) is 0 Å². The van der Waals surface area contributed by atoms with E-state index in [0.717, 1.165) is 44.9 Å². The summed E-state index contributed by atoms with van der Waals surface area (Å²) >= 11 is 0. The van der Waals surface area contributed by atoms with E-state index in [1.165, 1.54) is 6.26 Å². The highest BCUT2D eigenvalue weighted by atomic mass is 32.2. The van der Waals surface area contributed by atoms with Crippen LogP contribution < -0.4 is 10.6 Å². The Morgan fingerprint density at radius 1 is 1.00 bits per heavy atom. The van der Waals surface area contributed by atoms with Crippen molar-refractivity contribution in [1.82, 2.24) is 10.6 Å². The van der Waals surface area contributed by atoms with Gasteiger partial charge in [-0.1, -0.05) is 6.42 Å². The van der Waals surface area contributed by atoms with E-state index in [1.54, 1.807) is 0 Å². The van der Waals surface area contributed by atoms with E-state index in [1.807, 2.05) is 20.8 Å². The third kappa shape index (κ3) is 5.92. The fourth-order valence-corrected chi connectivity index (χ4v) is 5.22. The topological polar surface area (TPSA) is 84.5 Å². The van der Waals surface area contributed by atoms with Crippen LogP contribution in [0.1, 0.15) is 65.7 Å². The zero-order chi connectivity index (χ0) is 18.0. The number of carbonyl (C=O) groups is 1. The van der Waals surface area contributed by atoms with Gasteiger partial charge >= 0.3 is 6.09 Å². The van der Waals surface area contributed by atoms with Crippen molar-refractivity contribution in [2.24, 2.45) is 0 Å². The molecule has 0 heterocycles. The van der Waals surface area contributed by atoms with E-state index >= 15 is 0 Å². The van der Waals surface area contributed by atoms with Crippen LogP contribution >= 0.6 is 0 Å². The highest BCUT2D eigenvalue weighted by molar-refractivity contribution is 7.91. The van der Waals surface area contributed by atoms with Crippen molar-refractivity contribution < 1.29 is 17.9 Å². The Balaban J connectivity index is 1.76. The summed E-state index contributed by atoms with van der Waals surface area (Å²) in [5.74, 6) is 0. The van der Waals surface area contributed by atoms with E-state index < -0.39 is 15.4 Å². The number of amides is 1. The maximum absolute atomic E-state index is 11.9. The number of sulfone groups is 1. The maximum Gasteiger partial charge on any atom is 0.407 e. The molecule has 140 valence electrons. The Bertz CT molecular complexity index is 533. The molecule has 0 bridgehead atoms. The summed E-state index contributed by atoms with van der Waals surface area (Å²) in [7, 11) is -2.98. The number of nitrogens with one attached hydrogen (secondary N) is 2. The van der Waals surface area contributed by atoms with Gasteiger partial charge in [-0.15, -0.1) is 0 Å². The monoisotopic (exact) mass is 360 g/mol. The lowest BCUT2D eigenvalue weighted by molar-refractivity contribution is 0.0489. The van der Waals surface area contributed by atoms with Crippen LogP contribution in [-0.4, -0.2) is 49.7 Å². The van der Waals surface area contributed by atoms with Crippen LogP contribution in [0.3, 0.4) is 0 Å². The molecule has 2 unspecified atom stereocenters. The van der Waals surface area contributed by atoms with Gasteiger partial charge < -0.3 is 15.4 Å². The minimum atomic E-state index is -2.98. The summed E-state index contributed by atoms with van der Waals surface area (Å²) in [5, 5.41) is 6.26. The number of alkyl carbamates (subject to hydrolysis) is 1. The van der Waals surface area contributed by atoms with Crippen molar-refractivity contribution in [2.45, 2.75) is 94.7 Å². The van der Waals surface area contributed by atoms with Gasteiger partial charge in [0.1, 0.15) is 5.60 Å². The van der Waals surface area contributed by atoms with Crippen LogP contribution in [0, 0.1) is 0 Å². The van der Waals surface area contributed by atoms with E-state index in [2.05, 4.69) is 10.6 Å². The SMILES string of the molecule is CC(C)(C)OC(=O)NC1CCC(NC2CCCC2S(C)(=O)=O)CC1. The van der Waals surface area contributed by atoms with Crippen LogP contribution in [-0.2, 0) is 14.6 Å². The van der Waals surface area contributed by atoms with Gasteiger partial charge in [-0.3, -0.25) is 0 Å². The molecule has 2 rings (SSSR count). The van der Waals surface area contributed by atoms with Crippen LogP contribution in [0.15, 0.2) is 0 Å². The van der Waals surface area contributed by atoms with Crippen molar-refractivity contribution in [2.75, 3.05) is 6.26 Å². The number of hydrogen-bond donors (Lipinski definition) is 2. The third-order valence-corrected chi connectivity index (χ3v) is 6.56. The number of ether oxygens (including phenoxy) is 1. The molecule has 0 aromatic rings. The summed E-state index contributed by atoms with van der Waals surface area (Å²) in [6, 6.07) is 0.571. The highest BCUT2D eigenvalue weighted by Gasteiger charge is 2.36. The average Bonchev–Trinajstić information content (AvgIpc) is 2.87. The first kappa shape index (κ1) is 19.5. The molecule has 0 aliphatic heterocycles. The lowest BCUT2D eigenvalue weighted by Crippen LogP contribution is -2.49. The van der Waals surface area contributed by atoms with E-state index in [0.29, 0.717) is 6.04 Å².